The molecule has 102 valence electrons. The summed E-state index contributed by atoms with van der Waals surface area (Å²) in [6.45, 7) is 1.97. The quantitative estimate of drug-likeness (QED) is 0.870. The molecular weight excluding hydrogens is 285 g/mol. The van der Waals surface area contributed by atoms with Crippen LogP contribution >= 0.6 is 11.3 Å². The largest absolute Gasteiger partial charge is 0.246 e. The third-order valence-corrected chi connectivity index (χ3v) is 5.31. The first-order valence-corrected chi connectivity index (χ1v) is 8.03. The van der Waals surface area contributed by atoms with Crippen molar-refractivity contribution in [3.63, 3.8) is 0 Å². The fourth-order valence-corrected chi connectivity index (χ4v) is 3.66. The average molecular weight is 299 g/mol. The van der Waals surface area contributed by atoms with Gasteiger partial charge in [0.1, 0.15) is 10.7 Å². The minimum Gasteiger partial charge on any atom is -0.207 e. The molecule has 1 heterocycles. The number of hydrogen-bond acceptors (Lipinski definition) is 3. The number of nitrogens with zero attached hydrogens (tertiary/aromatic N) is 1. The first kappa shape index (κ1) is 14.2. The zero-order valence-corrected chi connectivity index (χ0v) is 12.3. The normalized spacial score (nSPS) is 12.0. The highest BCUT2D eigenvalue weighted by molar-refractivity contribution is 7.89. The molecule has 0 aliphatic rings. The molecule has 1 aromatic carbocycles. The van der Waals surface area contributed by atoms with E-state index in [0.717, 1.165) is 9.87 Å². The third kappa shape index (κ3) is 3.02. The van der Waals surface area contributed by atoms with E-state index in [2.05, 4.69) is 0 Å². The maximum absolute atomic E-state index is 13.7. The van der Waals surface area contributed by atoms with E-state index in [1.165, 1.54) is 30.5 Å². The Hall–Kier alpha value is -1.24. The molecule has 0 saturated carbocycles. The van der Waals surface area contributed by atoms with Crippen molar-refractivity contribution in [2.75, 3.05) is 7.05 Å². The number of sulfonamides is 1. The molecule has 0 spiro atoms. The topological polar surface area (TPSA) is 37.4 Å². The van der Waals surface area contributed by atoms with Gasteiger partial charge < -0.3 is 0 Å². The fourth-order valence-electron chi connectivity index (χ4n) is 1.70. The Morgan fingerprint density at radius 1 is 1.32 bits per heavy atom. The van der Waals surface area contributed by atoms with E-state index in [1.54, 1.807) is 13.0 Å². The third-order valence-electron chi connectivity index (χ3n) is 2.76. The Balaban J connectivity index is 2.33. The Morgan fingerprint density at radius 3 is 2.68 bits per heavy atom. The molecule has 0 N–H and O–H groups in total. The molecule has 6 heteroatoms. The van der Waals surface area contributed by atoms with Crippen molar-refractivity contribution < 1.29 is 12.8 Å². The number of hydrogen-bond donors (Lipinski definition) is 0. The van der Waals surface area contributed by atoms with Crippen LogP contribution in [0, 0.1) is 12.7 Å². The van der Waals surface area contributed by atoms with Gasteiger partial charge in [0.15, 0.2) is 0 Å². The predicted molar refractivity (Wildman–Crippen MR) is 74.1 cm³/mol. The van der Waals surface area contributed by atoms with Crippen LogP contribution in [-0.2, 0) is 16.6 Å². The van der Waals surface area contributed by atoms with Gasteiger partial charge in [0, 0.05) is 13.6 Å². The highest BCUT2D eigenvalue weighted by Gasteiger charge is 2.24. The average Bonchev–Trinajstić information content (AvgIpc) is 2.85. The molecule has 0 saturated heterocycles. The summed E-state index contributed by atoms with van der Waals surface area (Å²) in [4.78, 5) is -0.273. The Kier molecular flexibility index (Phi) is 4.03. The molecule has 0 atom stereocenters. The van der Waals surface area contributed by atoms with Crippen molar-refractivity contribution in [3.05, 3.63) is 52.0 Å². The van der Waals surface area contributed by atoms with Crippen LogP contribution in [0.2, 0.25) is 0 Å². The molecule has 0 aliphatic heterocycles. The van der Waals surface area contributed by atoms with Crippen LogP contribution in [0.1, 0.15) is 11.1 Å². The second-order valence-corrected chi connectivity index (χ2v) is 7.12. The van der Waals surface area contributed by atoms with Gasteiger partial charge >= 0.3 is 0 Å². The minimum atomic E-state index is -3.81. The summed E-state index contributed by atoms with van der Waals surface area (Å²) in [6, 6.07) is 5.94. The van der Waals surface area contributed by atoms with Crippen molar-refractivity contribution in [3.8, 4) is 0 Å². The highest BCUT2D eigenvalue weighted by Crippen LogP contribution is 2.21. The van der Waals surface area contributed by atoms with E-state index in [9.17, 15) is 12.8 Å². The summed E-state index contributed by atoms with van der Waals surface area (Å²) in [5, 5.41) is 3.75. The monoisotopic (exact) mass is 299 g/mol. The summed E-state index contributed by atoms with van der Waals surface area (Å²) in [5.41, 5.74) is 1.60. The second kappa shape index (κ2) is 5.40. The van der Waals surface area contributed by atoms with Crippen molar-refractivity contribution in [1.82, 2.24) is 4.31 Å². The Labute approximate surface area is 116 Å². The van der Waals surface area contributed by atoms with Crippen LogP contribution in [0.15, 0.2) is 39.9 Å². The van der Waals surface area contributed by atoms with Gasteiger partial charge in [-0.1, -0.05) is 6.07 Å². The van der Waals surface area contributed by atoms with E-state index in [4.69, 9.17) is 0 Å². The van der Waals surface area contributed by atoms with E-state index in [1.807, 2.05) is 16.8 Å². The van der Waals surface area contributed by atoms with Crippen LogP contribution in [-0.4, -0.2) is 19.8 Å². The van der Waals surface area contributed by atoms with Gasteiger partial charge in [0.05, 0.1) is 0 Å². The number of aryl methyl sites for hydroxylation is 1. The first-order valence-electron chi connectivity index (χ1n) is 5.65. The lowest BCUT2D eigenvalue weighted by Crippen LogP contribution is -2.27. The van der Waals surface area contributed by atoms with Crippen molar-refractivity contribution >= 4 is 21.4 Å². The molecule has 0 bridgehead atoms. The fraction of sp³-hybridized carbons (Fsp3) is 0.231. The van der Waals surface area contributed by atoms with Gasteiger partial charge in [-0.3, -0.25) is 0 Å². The SMILES string of the molecule is Cc1ccc(F)c(S(=O)(=O)N(C)Cc2ccsc2)c1. The predicted octanol–water partition coefficient (Wildman–Crippen LogP) is 3.02. The van der Waals surface area contributed by atoms with Gasteiger partial charge in [-0.15, -0.1) is 0 Å². The molecule has 2 aromatic rings. The maximum Gasteiger partial charge on any atom is 0.246 e. The lowest BCUT2D eigenvalue weighted by molar-refractivity contribution is 0.460. The molecule has 0 fully saturated rings. The van der Waals surface area contributed by atoms with Crippen molar-refractivity contribution in [1.29, 1.82) is 0 Å². The van der Waals surface area contributed by atoms with E-state index in [-0.39, 0.29) is 11.4 Å². The number of rotatable bonds is 4. The molecule has 1 aromatic heterocycles. The number of thiophene rings is 1. The van der Waals surface area contributed by atoms with Crippen LogP contribution in [0.25, 0.3) is 0 Å². The molecule has 0 amide bonds. The van der Waals surface area contributed by atoms with Crippen LogP contribution in [0.3, 0.4) is 0 Å². The van der Waals surface area contributed by atoms with Crippen molar-refractivity contribution in [2.45, 2.75) is 18.4 Å². The van der Waals surface area contributed by atoms with Crippen molar-refractivity contribution in [2.24, 2.45) is 0 Å². The molecule has 19 heavy (non-hydrogen) atoms. The standard InChI is InChI=1S/C13H14FNO2S2/c1-10-3-4-12(14)13(7-10)19(16,17)15(2)8-11-5-6-18-9-11/h3-7,9H,8H2,1-2H3. The zero-order chi connectivity index (χ0) is 14.0. The first-order chi connectivity index (χ1) is 8.91. The number of benzene rings is 1. The summed E-state index contributed by atoms with van der Waals surface area (Å²) < 4.78 is 39.5. The summed E-state index contributed by atoms with van der Waals surface area (Å²) in [5.74, 6) is -0.720. The van der Waals surface area contributed by atoms with Gasteiger partial charge in [0.25, 0.3) is 0 Å². The van der Waals surface area contributed by atoms with Gasteiger partial charge in [-0.2, -0.15) is 15.6 Å². The van der Waals surface area contributed by atoms with Gasteiger partial charge in [-0.25, -0.2) is 12.8 Å². The molecular formula is C13H14FNO2S2. The van der Waals surface area contributed by atoms with Crippen LogP contribution in [0.4, 0.5) is 4.39 Å². The molecule has 0 radical (unpaired) electrons. The lowest BCUT2D eigenvalue weighted by Gasteiger charge is -2.17. The van der Waals surface area contributed by atoms with Gasteiger partial charge in [-0.05, 0) is 47.0 Å². The summed E-state index contributed by atoms with van der Waals surface area (Å²) >= 11 is 1.50. The summed E-state index contributed by atoms with van der Waals surface area (Å²) in [7, 11) is -2.35. The molecule has 2 rings (SSSR count). The van der Waals surface area contributed by atoms with Crippen LogP contribution < -0.4 is 0 Å². The minimum absolute atomic E-state index is 0.235. The zero-order valence-electron chi connectivity index (χ0n) is 10.6. The number of halogens is 1. The molecule has 0 unspecified atom stereocenters. The van der Waals surface area contributed by atoms with Crippen LogP contribution in [0.5, 0.6) is 0 Å². The van der Waals surface area contributed by atoms with E-state index in [0.29, 0.717) is 5.56 Å². The lowest BCUT2D eigenvalue weighted by atomic mass is 10.2. The molecule has 3 nitrogen and oxygen atoms in total. The molecule has 0 aliphatic carbocycles. The summed E-state index contributed by atoms with van der Waals surface area (Å²) in [6.07, 6.45) is 0. The second-order valence-electron chi connectivity index (χ2n) is 4.33. The van der Waals surface area contributed by atoms with Gasteiger partial charge in [0.2, 0.25) is 10.0 Å². The smallest absolute Gasteiger partial charge is 0.207 e. The van der Waals surface area contributed by atoms with E-state index < -0.39 is 15.8 Å². The highest BCUT2D eigenvalue weighted by atomic mass is 32.2. The Morgan fingerprint density at radius 2 is 2.05 bits per heavy atom. The Bertz CT molecular complexity index is 666. The van der Waals surface area contributed by atoms with E-state index >= 15 is 0 Å². The maximum atomic E-state index is 13.7.